The SMILES string of the molecule is O=C(C=Cc1ccc(Cl)cc1Cl)Nc1cccc(NC(=O)C=Cc2ccc(Cl)cc2Cl)c1. The molecule has 0 saturated carbocycles. The van der Waals surface area contributed by atoms with Crippen molar-refractivity contribution < 1.29 is 9.59 Å². The highest BCUT2D eigenvalue weighted by Crippen LogP contribution is 2.23. The smallest absolute Gasteiger partial charge is 0.248 e. The molecule has 0 aliphatic heterocycles. The highest BCUT2D eigenvalue weighted by molar-refractivity contribution is 6.36. The summed E-state index contributed by atoms with van der Waals surface area (Å²) in [5.41, 5.74) is 2.37. The fourth-order valence-electron chi connectivity index (χ4n) is 2.65. The fourth-order valence-corrected chi connectivity index (χ4v) is 3.59. The van der Waals surface area contributed by atoms with Crippen LogP contribution in [0.2, 0.25) is 20.1 Å². The van der Waals surface area contributed by atoms with Gasteiger partial charge in [-0.15, -0.1) is 0 Å². The second-order valence-electron chi connectivity index (χ2n) is 6.56. The lowest BCUT2D eigenvalue weighted by Gasteiger charge is -2.07. The lowest BCUT2D eigenvalue weighted by molar-refractivity contribution is -0.112. The van der Waals surface area contributed by atoms with Crippen LogP contribution in [-0.4, -0.2) is 11.8 Å². The molecule has 2 amide bonds. The number of anilines is 2. The van der Waals surface area contributed by atoms with Gasteiger partial charge in [0.05, 0.1) is 0 Å². The Morgan fingerprint density at radius 2 is 1.06 bits per heavy atom. The van der Waals surface area contributed by atoms with E-state index in [9.17, 15) is 9.59 Å². The molecule has 4 nitrogen and oxygen atoms in total. The first kappa shape index (κ1) is 23.9. The predicted octanol–water partition coefficient (Wildman–Crippen LogP) is 7.60. The molecule has 0 aliphatic rings. The summed E-state index contributed by atoms with van der Waals surface area (Å²) < 4.78 is 0. The van der Waals surface area contributed by atoms with Gasteiger partial charge in [0.15, 0.2) is 0 Å². The Kier molecular flexibility index (Phi) is 8.37. The number of carbonyl (C=O) groups is 2. The number of benzene rings is 3. The average Bonchev–Trinajstić information content (AvgIpc) is 2.73. The van der Waals surface area contributed by atoms with Crippen molar-refractivity contribution in [1.29, 1.82) is 0 Å². The minimum atomic E-state index is -0.350. The van der Waals surface area contributed by atoms with E-state index in [1.165, 1.54) is 12.2 Å². The third-order valence-electron chi connectivity index (χ3n) is 4.15. The quantitative estimate of drug-likeness (QED) is 0.339. The molecule has 162 valence electrons. The summed E-state index contributed by atoms with van der Waals surface area (Å²) in [6, 6.07) is 16.8. The fraction of sp³-hybridized carbons (Fsp3) is 0. The van der Waals surface area contributed by atoms with Gasteiger partial charge >= 0.3 is 0 Å². The van der Waals surface area contributed by atoms with E-state index in [1.807, 2.05) is 0 Å². The van der Waals surface area contributed by atoms with E-state index < -0.39 is 0 Å². The van der Waals surface area contributed by atoms with Gasteiger partial charge in [-0.3, -0.25) is 9.59 Å². The van der Waals surface area contributed by atoms with Crippen LogP contribution in [-0.2, 0) is 9.59 Å². The minimum Gasteiger partial charge on any atom is -0.322 e. The van der Waals surface area contributed by atoms with E-state index in [0.29, 0.717) is 42.6 Å². The maximum absolute atomic E-state index is 12.2. The zero-order valence-electron chi connectivity index (χ0n) is 16.4. The molecular weight excluding hydrogens is 490 g/mol. The Morgan fingerprint density at radius 3 is 1.47 bits per heavy atom. The molecule has 2 N–H and O–H groups in total. The van der Waals surface area contributed by atoms with Gasteiger partial charge in [-0.2, -0.15) is 0 Å². The number of amides is 2. The molecule has 0 fully saturated rings. The summed E-state index contributed by atoms with van der Waals surface area (Å²) in [7, 11) is 0. The Morgan fingerprint density at radius 1 is 0.625 bits per heavy atom. The Hall–Kier alpha value is -2.76. The van der Waals surface area contributed by atoms with Gasteiger partial charge < -0.3 is 10.6 Å². The summed E-state index contributed by atoms with van der Waals surface area (Å²) in [6.45, 7) is 0. The predicted molar refractivity (Wildman–Crippen MR) is 135 cm³/mol. The second-order valence-corrected chi connectivity index (χ2v) is 8.24. The average molecular weight is 506 g/mol. The van der Waals surface area contributed by atoms with E-state index in [2.05, 4.69) is 10.6 Å². The number of nitrogens with one attached hydrogen (secondary N) is 2. The molecule has 3 rings (SSSR count). The van der Waals surface area contributed by atoms with Crippen molar-refractivity contribution in [3.8, 4) is 0 Å². The molecule has 0 bridgehead atoms. The molecule has 0 spiro atoms. The maximum atomic E-state index is 12.2. The molecule has 0 heterocycles. The van der Waals surface area contributed by atoms with Crippen LogP contribution in [0.5, 0.6) is 0 Å². The van der Waals surface area contributed by atoms with Crippen molar-refractivity contribution in [3.63, 3.8) is 0 Å². The number of carbonyl (C=O) groups excluding carboxylic acids is 2. The minimum absolute atomic E-state index is 0.350. The normalized spacial score (nSPS) is 11.1. The Bertz CT molecular complexity index is 1130. The van der Waals surface area contributed by atoms with E-state index in [4.69, 9.17) is 46.4 Å². The van der Waals surface area contributed by atoms with Gasteiger partial charge in [0.1, 0.15) is 0 Å². The number of rotatable bonds is 6. The molecule has 3 aromatic carbocycles. The molecule has 8 heteroatoms. The molecule has 0 radical (unpaired) electrons. The van der Waals surface area contributed by atoms with Crippen LogP contribution in [0, 0.1) is 0 Å². The van der Waals surface area contributed by atoms with Gasteiger partial charge in [0.25, 0.3) is 0 Å². The van der Waals surface area contributed by atoms with Crippen LogP contribution in [0.4, 0.5) is 11.4 Å². The van der Waals surface area contributed by atoms with Gasteiger partial charge in [-0.05, 0) is 65.7 Å². The molecule has 0 aliphatic carbocycles. The first-order valence-corrected chi connectivity index (χ1v) is 10.8. The molecule has 0 unspecified atom stereocenters. The van der Waals surface area contributed by atoms with Gasteiger partial charge in [-0.1, -0.05) is 64.6 Å². The van der Waals surface area contributed by atoms with Crippen LogP contribution >= 0.6 is 46.4 Å². The Balaban J connectivity index is 1.60. The molecule has 0 saturated heterocycles. The van der Waals surface area contributed by atoms with Crippen LogP contribution in [0.15, 0.2) is 72.8 Å². The van der Waals surface area contributed by atoms with E-state index in [-0.39, 0.29) is 11.8 Å². The highest BCUT2D eigenvalue weighted by atomic mass is 35.5. The second kappa shape index (κ2) is 11.2. The van der Waals surface area contributed by atoms with Gasteiger partial charge in [-0.25, -0.2) is 0 Å². The van der Waals surface area contributed by atoms with E-state index in [1.54, 1.807) is 72.8 Å². The van der Waals surface area contributed by atoms with Crippen molar-refractivity contribution in [1.82, 2.24) is 0 Å². The third-order valence-corrected chi connectivity index (χ3v) is 5.28. The van der Waals surface area contributed by atoms with Crippen molar-refractivity contribution in [2.24, 2.45) is 0 Å². The van der Waals surface area contributed by atoms with Crippen LogP contribution < -0.4 is 10.6 Å². The molecule has 3 aromatic rings. The largest absolute Gasteiger partial charge is 0.322 e. The first-order valence-electron chi connectivity index (χ1n) is 9.28. The topological polar surface area (TPSA) is 58.2 Å². The van der Waals surface area contributed by atoms with Gasteiger partial charge in [0, 0.05) is 43.6 Å². The molecule has 0 aromatic heterocycles. The summed E-state index contributed by atoms with van der Waals surface area (Å²) in [5.74, 6) is -0.700. The zero-order chi connectivity index (χ0) is 23.1. The van der Waals surface area contributed by atoms with Crippen molar-refractivity contribution in [2.75, 3.05) is 10.6 Å². The molecule has 0 atom stereocenters. The van der Waals surface area contributed by atoms with Crippen molar-refractivity contribution >= 4 is 81.7 Å². The van der Waals surface area contributed by atoms with E-state index in [0.717, 1.165) is 0 Å². The summed E-state index contributed by atoms with van der Waals surface area (Å²) >= 11 is 23.9. The van der Waals surface area contributed by atoms with Crippen LogP contribution in [0.3, 0.4) is 0 Å². The molecular formula is C24H16Cl4N2O2. The van der Waals surface area contributed by atoms with Crippen LogP contribution in [0.1, 0.15) is 11.1 Å². The molecule has 32 heavy (non-hydrogen) atoms. The van der Waals surface area contributed by atoms with Gasteiger partial charge in [0.2, 0.25) is 11.8 Å². The first-order chi connectivity index (χ1) is 15.3. The lowest BCUT2D eigenvalue weighted by atomic mass is 10.2. The number of hydrogen-bond donors (Lipinski definition) is 2. The maximum Gasteiger partial charge on any atom is 0.248 e. The number of halogens is 4. The monoisotopic (exact) mass is 504 g/mol. The highest BCUT2D eigenvalue weighted by Gasteiger charge is 2.04. The lowest BCUT2D eigenvalue weighted by Crippen LogP contribution is -2.10. The third kappa shape index (κ3) is 7.14. The summed E-state index contributed by atoms with van der Waals surface area (Å²) in [4.78, 5) is 24.5. The number of hydrogen-bond acceptors (Lipinski definition) is 2. The standard InChI is InChI=1S/C24H16Cl4N2O2/c25-17-8-4-15(21(27)12-17)6-10-23(31)29-19-2-1-3-20(14-19)30-24(32)11-7-16-5-9-18(26)13-22(16)28/h1-14H,(H,29,31)(H,30,32). The summed E-state index contributed by atoms with van der Waals surface area (Å²) in [5, 5.41) is 7.38. The van der Waals surface area contributed by atoms with Crippen LogP contribution in [0.25, 0.3) is 12.2 Å². The Labute approximate surface area is 205 Å². The van der Waals surface area contributed by atoms with E-state index >= 15 is 0 Å². The van der Waals surface area contributed by atoms with Crippen molar-refractivity contribution in [2.45, 2.75) is 0 Å². The summed E-state index contributed by atoms with van der Waals surface area (Å²) in [6.07, 6.45) is 5.90. The van der Waals surface area contributed by atoms with Crippen molar-refractivity contribution in [3.05, 3.63) is 104 Å². The zero-order valence-corrected chi connectivity index (χ0v) is 19.4.